The van der Waals surface area contributed by atoms with Crippen molar-refractivity contribution >= 4 is 26.6 Å². The number of hydrogen-bond acceptors (Lipinski definition) is 4. The summed E-state index contributed by atoms with van der Waals surface area (Å²) in [6, 6.07) is 8.77. The van der Waals surface area contributed by atoms with Crippen LogP contribution in [0.25, 0.3) is 10.9 Å². The highest BCUT2D eigenvalue weighted by Gasteiger charge is 2.43. The number of fused-ring (bicyclic) bond motifs is 3. The largest absolute Gasteiger partial charge is 0.380 e. The number of aromatic nitrogens is 1. The minimum Gasteiger partial charge on any atom is -0.380 e. The summed E-state index contributed by atoms with van der Waals surface area (Å²) < 4.78 is 58.2. The quantitative estimate of drug-likeness (QED) is 0.494. The Hall–Kier alpha value is -2.49. The first-order valence-electron chi connectivity index (χ1n) is 12.2. The van der Waals surface area contributed by atoms with Gasteiger partial charge in [0.2, 0.25) is 10.0 Å². The molecular weight excluding hydrogens is 470 g/mol. The summed E-state index contributed by atoms with van der Waals surface area (Å²) in [6.45, 7) is 6.64. The summed E-state index contributed by atoms with van der Waals surface area (Å²) in [5, 5.41) is 4.17. The van der Waals surface area contributed by atoms with Gasteiger partial charge in [-0.25, -0.2) is 17.2 Å². The summed E-state index contributed by atoms with van der Waals surface area (Å²) in [6.07, 6.45) is 3.82. The van der Waals surface area contributed by atoms with E-state index in [-0.39, 0.29) is 11.6 Å². The van der Waals surface area contributed by atoms with Gasteiger partial charge in [0, 0.05) is 47.0 Å². The van der Waals surface area contributed by atoms with E-state index in [0.29, 0.717) is 17.8 Å². The third-order valence-corrected chi connectivity index (χ3v) is 8.54. The van der Waals surface area contributed by atoms with E-state index in [1.54, 1.807) is 6.92 Å². The number of nitrogens with zero attached hydrogens (tertiary/aromatic N) is 2. The van der Waals surface area contributed by atoms with E-state index in [1.807, 2.05) is 24.3 Å². The molecule has 1 fully saturated rings. The molecule has 5 rings (SSSR count). The first-order chi connectivity index (χ1) is 16.7. The highest BCUT2D eigenvalue weighted by molar-refractivity contribution is 7.88. The maximum absolute atomic E-state index is 15.6. The highest BCUT2D eigenvalue weighted by atomic mass is 32.2. The first-order valence-corrected chi connectivity index (χ1v) is 14.1. The number of H-pyrrole nitrogens is 1. The average Bonchev–Trinajstić information content (AvgIpc) is 3.12. The molecule has 0 saturated carbocycles. The molecule has 188 valence electrons. The van der Waals surface area contributed by atoms with Crippen LogP contribution in [-0.2, 0) is 16.4 Å². The molecule has 2 aliphatic heterocycles. The van der Waals surface area contributed by atoms with Crippen LogP contribution in [0, 0.1) is 11.6 Å². The number of para-hydroxylation sites is 1. The number of likely N-dealkylation sites (tertiary alicyclic amines) is 1. The van der Waals surface area contributed by atoms with Crippen LogP contribution in [-0.4, -0.2) is 60.6 Å². The smallest absolute Gasteiger partial charge is 0.212 e. The number of unbranched alkanes of at least 4 members (excludes halogenated alkanes) is 1. The second kappa shape index (κ2) is 9.19. The zero-order chi connectivity index (χ0) is 24.9. The molecule has 2 atom stereocenters. The molecule has 6 nitrogen and oxygen atoms in total. The molecule has 0 unspecified atom stereocenters. The van der Waals surface area contributed by atoms with Gasteiger partial charge in [0.1, 0.15) is 11.6 Å². The van der Waals surface area contributed by atoms with E-state index in [1.165, 1.54) is 16.4 Å². The Morgan fingerprint density at radius 1 is 1.14 bits per heavy atom. The Morgan fingerprint density at radius 3 is 2.49 bits per heavy atom. The van der Waals surface area contributed by atoms with Crippen molar-refractivity contribution in [2.24, 2.45) is 0 Å². The topological polar surface area (TPSA) is 68.4 Å². The Morgan fingerprint density at radius 2 is 1.83 bits per heavy atom. The van der Waals surface area contributed by atoms with Crippen molar-refractivity contribution in [1.82, 2.24) is 14.2 Å². The first kappa shape index (κ1) is 24.2. The number of benzene rings is 2. The van der Waals surface area contributed by atoms with Crippen LogP contribution in [0.5, 0.6) is 0 Å². The van der Waals surface area contributed by atoms with E-state index in [0.717, 1.165) is 55.2 Å². The summed E-state index contributed by atoms with van der Waals surface area (Å²) in [5.74, 6) is -1.51. The van der Waals surface area contributed by atoms with E-state index < -0.39 is 33.7 Å². The van der Waals surface area contributed by atoms with Crippen molar-refractivity contribution in [2.45, 2.75) is 51.2 Å². The highest BCUT2D eigenvalue weighted by Crippen LogP contribution is 2.44. The zero-order valence-corrected chi connectivity index (χ0v) is 21.1. The normalized spacial score (nSPS) is 21.7. The van der Waals surface area contributed by atoms with Crippen LogP contribution in [0.4, 0.5) is 14.5 Å². The fourth-order valence-corrected chi connectivity index (χ4v) is 6.94. The minimum absolute atomic E-state index is 0.138. The lowest BCUT2D eigenvalue weighted by Gasteiger charge is -2.40. The summed E-state index contributed by atoms with van der Waals surface area (Å²) >= 11 is 0. The molecule has 0 spiro atoms. The van der Waals surface area contributed by atoms with Crippen molar-refractivity contribution in [2.75, 3.05) is 31.2 Å². The van der Waals surface area contributed by atoms with Crippen LogP contribution >= 0.6 is 0 Å². The van der Waals surface area contributed by atoms with Gasteiger partial charge in [0.05, 0.1) is 18.3 Å². The maximum atomic E-state index is 15.6. The molecule has 0 aliphatic carbocycles. The van der Waals surface area contributed by atoms with E-state index >= 15 is 8.78 Å². The predicted molar refractivity (Wildman–Crippen MR) is 135 cm³/mol. The van der Waals surface area contributed by atoms with Crippen LogP contribution in [0.1, 0.15) is 49.6 Å². The minimum atomic E-state index is -3.77. The molecular formula is C26H32F2N4O2S. The lowest BCUT2D eigenvalue weighted by Crippen LogP contribution is -2.54. The van der Waals surface area contributed by atoms with E-state index in [4.69, 9.17) is 0 Å². The van der Waals surface area contributed by atoms with Gasteiger partial charge in [-0.15, -0.1) is 0 Å². The Labute approximate surface area is 205 Å². The molecule has 0 amide bonds. The molecule has 2 aliphatic rings. The zero-order valence-electron chi connectivity index (χ0n) is 20.3. The van der Waals surface area contributed by atoms with Gasteiger partial charge in [0.15, 0.2) is 0 Å². The molecule has 1 aromatic heterocycles. The van der Waals surface area contributed by atoms with Gasteiger partial charge in [0.25, 0.3) is 0 Å². The van der Waals surface area contributed by atoms with E-state index in [2.05, 4.69) is 22.1 Å². The Balaban J connectivity index is 1.52. The number of aromatic amines is 1. The van der Waals surface area contributed by atoms with Crippen molar-refractivity contribution in [3.63, 3.8) is 0 Å². The van der Waals surface area contributed by atoms with Gasteiger partial charge in [-0.3, -0.25) is 4.90 Å². The second-order valence-corrected chi connectivity index (χ2v) is 11.8. The number of sulfonamides is 1. The van der Waals surface area contributed by atoms with Crippen molar-refractivity contribution in [3.8, 4) is 0 Å². The standard InChI is InChI=1S/C26H32F2N4O2S/c1-4-5-10-31-14-18(15-31)29-17-12-21(27)24(22(28)13-17)26-25-20(11-16(2)32(26)35(3,33)34)19-8-6-7-9-23(19)30-25/h6-9,12-13,16,18,26,29-30H,4-5,10-11,14-15H2,1-3H3/t16-,26-/m1/s1. The Bertz CT molecular complexity index is 1330. The van der Waals surface area contributed by atoms with Crippen molar-refractivity contribution in [3.05, 3.63) is 64.9 Å². The number of halogens is 2. The molecule has 9 heteroatoms. The van der Waals surface area contributed by atoms with Gasteiger partial charge in [-0.05, 0) is 50.1 Å². The van der Waals surface area contributed by atoms with E-state index in [9.17, 15) is 8.42 Å². The number of nitrogens with one attached hydrogen (secondary N) is 2. The molecule has 2 N–H and O–H groups in total. The van der Waals surface area contributed by atoms with Crippen LogP contribution in [0.2, 0.25) is 0 Å². The average molecular weight is 503 g/mol. The van der Waals surface area contributed by atoms with Crippen molar-refractivity contribution < 1.29 is 17.2 Å². The van der Waals surface area contributed by atoms with Crippen LogP contribution in [0.3, 0.4) is 0 Å². The second-order valence-electron chi connectivity index (χ2n) is 9.92. The van der Waals surface area contributed by atoms with Crippen LogP contribution in [0.15, 0.2) is 36.4 Å². The summed E-state index contributed by atoms with van der Waals surface area (Å²) in [7, 11) is -3.77. The van der Waals surface area contributed by atoms with Gasteiger partial charge in [-0.1, -0.05) is 31.5 Å². The lowest BCUT2D eigenvalue weighted by molar-refractivity contribution is 0.159. The predicted octanol–water partition coefficient (Wildman–Crippen LogP) is 4.64. The lowest BCUT2D eigenvalue weighted by atomic mass is 9.90. The number of hydrogen-bond donors (Lipinski definition) is 2. The van der Waals surface area contributed by atoms with Gasteiger partial charge in [-0.2, -0.15) is 4.31 Å². The fraction of sp³-hybridized carbons (Fsp3) is 0.462. The number of anilines is 1. The maximum Gasteiger partial charge on any atom is 0.212 e. The molecule has 0 radical (unpaired) electrons. The van der Waals surface area contributed by atoms with Crippen LogP contribution < -0.4 is 5.32 Å². The monoisotopic (exact) mass is 502 g/mol. The third-order valence-electron chi connectivity index (χ3n) is 7.20. The molecule has 3 heterocycles. The number of rotatable bonds is 7. The SMILES string of the molecule is CCCCN1CC(Nc2cc(F)c([C@@H]3c4[nH]c5ccccc5c4C[C@@H](C)N3S(C)(=O)=O)c(F)c2)C1. The summed E-state index contributed by atoms with van der Waals surface area (Å²) in [5.41, 5.74) is 2.37. The summed E-state index contributed by atoms with van der Waals surface area (Å²) in [4.78, 5) is 5.58. The molecule has 1 saturated heterocycles. The van der Waals surface area contributed by atoms with Crippen molar-refractivity contribution in [1.29, 1.82) is 0 Å². The molecule has 0 bridgehead atoms. The molecule has 35 heavy (non-hydrogen) atoms. The Kier molecular flexibility index (Phi) is 6.35. The molecule has 3 aromatic rings. The molecule has 2 aromatic carbocycles. The fourth-order valence-electron chi connectivity index (χ4n) is 5.62. The third kappa shape index (κ3) is 4.45. The van der Waals surface area contributed by atoms with Gasteiger partial charge >= 0.3 is 0 Å². The van der Waals surface area contributed by atoms with Gasteiger partial charge < -0.3 is 10.3 Å².